The van der Waals surface area contributed by atoms with Gasteiger partial charge >= 0.3 is 6.03 Å². The second kappa shape index (κ2) is 5.24. The predicted molar refractivity (Wildman–Crippen MR) is 79.6 cm³/mol. The second-order valence-electron chi connectivity index (χ2n) is 5.97. The third-order valence-electron chi connectivity index (χ3n) is 4.14. The molecule has 2 aliphatic heterocycles. The van der Waals surface area contributed by atoms with Crippen molar-refractivity contribution in [3.05, 3.63) is 29.1 Å². The number of nitrogens with zero attached hydrogens (tertiary/aromatic N) is 2. The topological polar surface area (TPSA) is 64.7 Å². The van der Waals surface area contributed by atoms with Crippen molar-refractivity contribution in [2.75, 3.05) is 18.6 Å². The molecule has 1 saturated heterocycles. The number of nitrogens with one attached hydrogen (secondary N) is 2. The van der Waals surface area contributed by atoms with E-state index in [0.29, 0.717) is 17.8 Å². The molecule has 2 N–H and O–H groups in total. The van der Waals surface area contributed by atoms with E-state index in [1.165, 1.54) is 6.07 Å². The van der Waals surface area contributed by atoms with Crippen LogP contribution in [0.2, 0.25) is 0 Å². The molecule has 2 heterocycles. The van der Waals surface area contributed by atoms with Crippen LogP contribution < -0.4 is 15.8 Å². The first-order valence-electron chi connectivity index (χ1n) is 7.32. The minimum Gasteiger partial charge on any atom is -0.309 e. The highest BCUT2D eigenvalue weighted by atomic mass is 19.1. The summed E-state index contributed by atoms with van der Waals surface area (Å²) in [6.45, 7) is 4.19. The molecule has 1 fully saturated rings. The van der Waals surface area contributed by atoms with Gasteiger partial charge in [0, 0.05) is 25.6 Å². The maximum atomic E-state index is 14.2. The number of hydrogen-bond acceptors (Lipinski definition) is 4. The van der Waals surface area contributed by atoms with E-state index in [1.54, 1.807) is 23.0 Å². The molecule has 1 aromatic carbocycles. The average Bonchev–Trinajstić information content (AvgIpc) is 2.74. The number of carbonyl (C=O) groups is 2. The monoisotopic (exact) mass is 306 g/mol. The third-order valence-corrected chi connectivity index (χ3v) is 4.14. The molecule has 0 aromatic heterocycles. The Kier molecular flexibility index (Phi) is 3.52. The van der Waals surface area contributed by atoms with Crippen molar-refractivity contribution in [3.8, 4) is 0 Å². The Bertz CT molecular complexity index is 647. The zero-order valence-corrected chi connectivity index (χ0v) is 12.8. The van der Waals surface area contributed by atoms with E-state index in [4.69, 9.17) is 0 Å². The first-order valence-corrected chi connectivity index (χ1v) is 7.32. The molecule has 0 saturated carbocycles. The number of halogens is 1. The number of fused-ring (bicyclic) bond motifs is 1. The molecule has 0 aliphatic carbocycles. The van der Waals surface area contributed by atoms with Crippen molar-refractivity contribution < 1.29 is 14.0 Å². The lowest BCUT2D eigenvalue weighted by Crippen LogP contribution is -2.53. The lowest BCUT2D eigenvalue weighted by Gasteiger charge is -2.32. The Balaban J connectivity index is 1.99. The molecule has 7 heteroatoms. The summed E-state index contributed by atoms with van der Waals surface area (Å²) in [4.78, 5) is 24.9. The Morgan fingerprint density at radius 2 is 2.05 bits per heavy atom. The molecule has 3 rings (SSSR count). The summed E-state index contributed by atoms with van der Waals surface area (Å²) >= 11 is 0. The van der Waals surface area contributed by atoms with E-state index in [0.717, 1.165) is 5.56 Å². The highest BCUT2D eigenvalue weighted by Gasteiger charge is 2.37. The molecule has 1 aromatic rings. The maximum absolute atomic E-state index is 14.2. The summed E-state index contributed by atoms with van der Waals surface area (Å²) in [6.07, 6.45) is -0.132. The van der Waals surface area contributed by atoms with Gasteiger partial charge in [-0.15, -0.1) is 0 Å². The number of amides is 3. The van der Waals surface area contributed by atoms with Crippen molar-refractivity contribution >= 4 is 17.6 Å². The van der Waals surface area contributed by atoms with Gasteiger partial charge in [0.25, 0.3) is 0 Å². The molecule has 1 atom stereocenters. The summed E-state index contributed by atoms with van der Waals surface area (Å²) in [5, 5.41) is 4.02. The fourth-order valence-electron chi connectivity index (χ4n) is 2.93. The molecule has 118 valence electrons. The minimum absolute atomic E-state index is 0.0496. The van der Waals surface area contributed by atoms with Crippen LogP contribution in [-0.4, -0.2) is 30.4 Å². The Morgan fingerprint density at radius 3 is 2.68 bits per heavy atom. The first-order chi connectivity index (χ1) is 10.4. The van der Waals surface area contributed by atoms with Gasteiger partial charge in [-0.05, 0) is 23.6 Å². The van der Waals surface area contributed by atoms with Crippen LogP contribution in [0.15, 0.2) is 12.1 Å². The first kappa shape index (κ1) is 14.8. The molecule has 0 radical (unpaired) electrons. The van der Waals surface area contributed by atoms with Gasteiger partial charge in [0.05, 0.1) is 5.69 Å². The number of imide groups is 1. The number of hydrazine groups is 1. The fourth-order valence-corrected chi connectivity index (χ4v) is 2.93. The predicted octanol–water partition coefficient (Wildman–Crippen LogP) is 1.84. The van der Waals surface area contributed by atoms with Crippen molar-refractivity contribution in [1.82, 2.24) is 15.6 Å². The van der Waals surface area contributed by atoms with Gasteiger partial charge < -0.3 is 9.91 Å². The molecule has 0 spiro atoms. The van der Waals surface area contributed by atoms with Crippen LogP contribution in [0, 0.1) is 5.82 Å². The summed E-state index contributed by atoms with van der Waals surface area (Å²) in [5.74, 6) is -0.468. The molecular weight excluding hydrogens is 287 g/mol. The van der Waals surface area contributed by atoms with E-state index in [1.807, 2.05) is 13.8 Å². The molecule has 1 unspecified atom stereocenters. The normalized spacial score (nSPS) is 21.4. The minimum atomic E-state index is -0.426. The van der Waals surface area contributed by atoms with Crippen molar-refractivity contribution in [3.63, 3.8) is 0 Å². The van der Waals surface area contributed by atoms with Gasteiger partial charge in [-0.1, -0.05) is 13.8 Å². The zero-order chi connectivity index (χ0) is 16.0. The van der Waals surface area contributed by atoms with Gasteiger partial charge in [0.2, 0.25) is 5.91 Å². The lowest BCUT2D eigenvalue weighted by atomic mass is 9.98. The van der Waals surface area contributed by atoms with Gasteiger partial charge in [-0.25, -0.2) is 14.6 Å². The number of carbonyl (C=O) groups excluding carboxylic acids is 2. The Morgan fingerprint density at radius 1 is 1.32 bits per heavy atom. The van der Waals surface area contributed by atoms with Crippen LogP contribution >= 0.6 is 0 Å². The Hall–Kier alpha value is -2.15. The van der Waals surface area contributed by atoms with E-state index < -0.39 is 12.2 Å². The molecule has 3 amide bonds. The number of anilines is 1. The molecular formula is C15H19FN4O2. The van der Waals surface area contributed by atoms with E-state index >= 15 is 0 Å². The summed E-state index contributed by atoms with van der Waals surface area (Å²) in [7, 11) is 1.78. The van der Waals surface area contributed by atoms with Crippen molar-refractivity contribution in [2.24, 2.45) is 0 Å². The van der Waals surface area contributed by atoms with E-state index in [9.17, 15) is 14.0 Å². The van der Waals surface area contributed by atoms with Crippen LogP contribution in [0.25, 0.3) is 0 Å². The lowest BCUT2D eigenvalue weighted by molar-refractivity contribution is -0.121. The van der Waals surface area contributed by atoms with Crippen LogP contribution in [0.5, 0.6) is 0 Å². The summed E-state index contributed by atoms with van der Waals surface area (Å²) < 4.78 is 14.2. The SMILES string of the molecule is CC(C)c1cc2c(cc1F)N(C)NC2N1CCC(=O)NC1=O. The number of benzene rings is 1. The van der Waals surface area contributed by atoms with Gasteiger partial charge in [0.1, 0.15) is 12.0 Å². The smallest absolute Gasteiger partial charge is 0.309 e. The highest BCUT2D eigenvalue weighted by molar-refractivity contribution is 5.97. The van der Waals surface area contributed by atoms with Crippen LogP contribution in [0.1, 0.15) is 43.5 Å². The van der Waals surface area contributed by atoms with Crippen LogP contribution in [-0.2, 0) is 4.79 Å². The summed E-state index contributed by atoms with van der Waals surface area (Å²) in [6, 6.07) is 2.87. The van der Waals surface area contributed by atoms with Crippen molar-refractivity contribution in [1.29, 1.82) is 0 Å². The number of hydrogen-bond donors (Lipinski definition) is 2. The van der Waals surface area contributed by atoms with E-state index in [-0.39, 0.29) is 24.1 Å². The molecule has 6 nitrogen and oxygen atoms in total. The van der Waals surface area contributed by atoms with Gasteiger partial charge in [0.15, 0.2) is 0 Å². The number of urea groups is 1. The maximum Gasteiger partial charge on any atom is 0.325 e. The quantitative estimate of drug-likeness (QED) is 0.875. The number of rotatable bonds is 2. The average molecular weight is 306 g/mol. The zero-order valence-electron chi connectivity index (χ0n) is 12.8. The van der Waals surface area contributed by atoms with E-state index in [2.05, 4.69) is 10.7 Å². The van der Waals surface area contributed by atoms with Gasteiger partial charge in [-0.2, -0.15) is 0 Å². The van der Waals surface area contributed by atoms with Crippen molar-refractivity contribution in [2.45, 2.75) is 32.4 Å². The van der Waals surface area contributed by atoms with Crippen LogP contribution in [0.4, 0.5) is 14.9 Å². The fraction of sp³-hybridized carbons (Fsp3) is 0.467. The summed E-state index contributed by atoms with van der Waals surface area (Å²) in [5.41, 5.74) is 5.32. The molecule has 22 heavy (non-hydrogen) atoms. The standard InChI is InChI=1S/C15H19FN4O2/c1-8(2)9-6-10-12(7-11(9)16)19(3)18-14(10)20-5-4-13(21)17-15(20)22/h6-8,14,18H,4-5H2,1-3H3,(H,17,21,22). The Labute approximate surface area is 128 Å². The van der Waals surface area contributed by atoms with Gasteiger partial charge in [-0.3, -0.25) is 10.1 Å². The molecule has 2 aliphatic rings. The second-order valence-corrected chi connectivity index (χ2v) is 5.97. The molecule has 0 bridgehead atoms. The largest absolute Gasteiger partial charge is 0.325 e. The third kappa shape index (κ3) is 2.31. The highest BCUT2D eigenvalue weighted by Crippen LogP contribution is 2.37. The van der Waals surface area contributed by atoms with Crippen LogP contribution in [0.3, 0.4) is 0 Å².